The second-order valence-electron chi connectivity index (χ2n) is 4.61. The molecule has 0 spiro atoms. The molecule has 0 radical (unpaired) electrons. The van der Waals surface area contributed by atoms with Crippen LogP contribution in [0.1, 0.15) is 18.9 Å². The summed E-state index contributed by atoms with van der Waals surface area (Å²) in [6.45, 7) is 3.93. The summed E-state index contributed by atoms with van der Waals surface area (Å²) in [5.41, 5.74) is 7.84. The van der Waals surface area contributed by atoms with Gasteiger partial charge in [0.2, 0.25) is 5.91 Å². The zero-order valence-electron chi connectivity index (χ0n) is 11.5. The van der Waals surface area contributed by atoms with E-state index in [4.69, 9.17) is 10.5 Å². The van der Waals surface area contributed by atoms with Gasteiger partial charge in [0.1, 0.15) is 11.8 Å². The first-order valence-electron chi connectivity index (χ1n) is 6.62. The van der Waals surface area contributed by atoms with E-state index in [-0.39, 0.29) is 11.9 Å². The predicted molar refractivity (Wildman–Crippen MR) is 75.3 cm³/mol. The van der Waals surface area contributed by atoms with E-state index in [1.807, 2.05) is 25.1 Å². The van der Waals surface area contributed by atoms with Crippen LogP contribution in [-0.4, -0.2) is 32.1 Å². The molecule has 0 aliphatic carbocycles. The van der Waals surface area contributed by atoms with Crippen molar-refractivity contribution in [2.45, 2.75) is 25.9 Å². The molecule has 1 saturated heterocycles. The van der Waals surface area contributed by atoms with Gasteiger partial charge in [0, 0.05) is 31.4 Å². The number of hydrogen-bond acceptors (Lipinski definition) is 4. The number of nitrogens with zero attached hydrogens (tertiary/aromatic N) is 1. The number of carbonyl (C=O) groups excluding carboxylic acids is 1. The SMILES string of the molecule is CCC1C(=O)NCCN1c1cc(OC)ccc1CN. The van der Waals surface area contributed by atoms with Crippen molar-refractivity contribution < 1.29 is 9.53 Å². The molecule has 1 amide bonds. The van der Waals surface area contributed by atoms with Gasteiger partial charge in [0.15, 0.2) is 0 Å². The van der Waals surface area contributed by atoms with E-state index in [0.717, 1.165) is 30.0 Å². The fraction of sp³-hybridized carbons (Fsp3) is 0.500. The van der Waals surface area contributed by atoms with Gasteiger partial charge in [0.05, 0.1) is 7.11 Å². The van der Waals surface area contributed by atoms with Gasteiger partial charge >= 0.3 is 0 Å². The molecule has 1 aliphatic heterocycles. The molecular weight excluding hydrogens is 242 g/mol. The van der Waals surface area contributed by atoms with Crippen LogP contribution in [0.5, 0.6) is 5.75 Å². The summed E-state index contributed by atoms with van der Waals surface area (Å²) >= 11 is 0. The van der Waals surface area contributed by atoms with Crippen LogP contribution in [-0.2, 0) is 11.3 Å². The lowest BCUT2D eigenvalue weighted by Crippen LogP contribution is -2.55. The number of nitrogens with one attached hydrogen (secondary N) is 1. The molecule has 5 heteroatoms. The average molecular weight is 263 g/mol. The lowest BCUT2D eigenvalue weighted by Gasteiger charge is -2.37. The monoisotopic (exact) mass is 263 g/mol. The van der Waals surface area contributed by atoms with Crippen molar-refractivity contribution >= 4 is 11.6 Å². The van der Waals surface area contributed by atoms with Crippen molar-refractivity contribution in [3.05, 3.63) is 23.8 Å². The molecule has 1 aromatic rings. The van der Waals surface area contributed by atoms with Gasteiger partial charge in [-0.25, -0.2) is 0 Å². The van der Waals surface area contributed by atoms with E-state index >= 15 is 0 Å². The number of methoxy groups -OCH3 is 1. The molecule has 1 heterocycles. The molecular formula is C14H21N3O2. The number of hydrogen-bond donors (Lipinski definition) is 2. The molecule has 19 heavy (non-hydrogen) atoms. The number of piperazine rings is 1. The zero-order valence-corrected chi connectivity index (χ0v) is 11.5. The summed E-state index contributed by atoms with van der Waals surface area (Å²) in [6, 6.07) is 5.69. The Bertz CT molecular complexity index is 462. The summed E-state index contributed by atoms with van der Waals surface area (Å²) < 4.78 is 5.27. The van der Waals surface area contributed by atoms with Crippen LogP contribution < -0.4 is 20.7 Å². The van der Waals surface area contributed by atoms with Crippen LogP contribution in [0.2, 0.25) is 0 Å². The molecule has 0 saturated carbocycles. The summed E-state index contributed by atoms with van der Waals surface area (Å²) in [4.78, 5) is 14.1. The molecule has 0 bridgehead atoms. The fourth-order valence-electron chi connectivity index (χ4n) is 2.52. The molecule has 1 atom stereocenters. The number of amides is 1. The van der Waals surface area contributed by atoms with Gasteiger partial charge in [-0.1, -0.05) is 13.0 Å². The van der Waals surface area contributed by atoms with Gasteiger partial charge in [0.25, 0.3) is 0 Å². The minimum absolute atomic E-state index is 0.0829. The van der Waals surface area contributed by atoms with Crippen molar-refractivity contribution in [1.82, 2.24) is 5.32 Å². The van der Waals surface area contributed by atoms with Crippen molar-refractivity contribution in [2.75, 3.05) is 25.1 Å². The average Bonchev–Trinajstić information content (AvgIpc) is 2.46. The second kappa shape index (κ2) is 5.93. The third-order valence-corrected chi connectivity index (χ3v) is 3.54. The lowest BCUT2D eigenvalue weighted by molar-refractivity contribution is -0.123. The number of anilines is 1. The Morgan fingerprint density at radius 1 is 1.53 bits per heavy atom. The van der Waals surface area contributed by atoms with Crippen LogP contribution >= 0.6 is 0 Å². The first-order chi connectivity index (χ1) is 9.21. The Morgan fingerprint density at radius 3 is 2.95 bits per heavy atom. The number of nitrogens with two attached hydrogens (primary N) is 1. The van der Waals surface area contributed by atoms with Crippen molar-refractivity contribution in [1.29, 1.82) is 0 Å². The molecule has 0 aromatic heterocycles. The number of rotatable bonds is 4. The Labute approximate surface area is 113 Å². The van der Waals surface area contributed by atoms with Crippen molar-refractivity contribution in [2.24, 2.45) is 5.73 Å². The van der Waals surface area contributed by atoms with Crippen LogP contribution in [0.4, 0.5) is 5.69 Å². The highest BCUT2D eigenvalue weighted by Crippen LogP contribution is 2.29. The maximum absolute atomic E-state index is 11.9. The highest BCUT2D eigenvalue weighted by Gasteiger charge is 2.29. The maximum atomic E-state index is 11.9. The maximum Gasteiger partial charge on any atom is 0.242 e. The largest absolute Gasteiger partial charge is 0.497 e. The van der Waals surface area contributed by atoms with E-state index in [0.29, 0.717) is 13.1 Å². The molecule has 3 N–H and O–H groups in total. The third-order valence-electron chi connectivity index (χ3n) is 3.54. The Hall–Kier alpha value is -1.75. The predicted octanol–water partition coefficient (Wildman–Crippen LogP) is 0.869. The van der Waals surface area contributed by atoms with Crippen LogP contribution in [0.3, 0.4) is 0 Å². The molecule has 5 nitrogen and oxygen atoms in total. The van der Waals surface area contributed by atoms with E-state index in [2.05, 4.69) is 10.2 Å². The molecule has 1 aromatic carbocycles. The van der Waals surface area contributed by atoms with E-state index in [9.17, 15) is 4.79 Å². The van der Waals surface area contributed by atoms with Crippen molar-refractivity contribution in [3.63, 3.8) is 0 Å². The lowest BCUT2D eigenvalue weighted by atomic mass is 10.1. The van der Waals surface area contributed by atoms with E-state index in [1.54, 1.807) is 7.11 Å². The first kappa shape index (κ1) is 13.7. The van der Waals surface area contributed by atoms with Gasteiger partial charge in [-0.2, -0.15) is 0 Å². The summed E-state index contributed by atoms with van der Waals surface area (Å²) in [5, 5.41) is 2.91. The van der Waals surface area contributed by atoms with Crippen LogP contribution in [0.15, 0.2) is 18.2 Å². The number of carbonyl (C=O) groups is 1. The van der Waals surface area contributed by atoms with Gasteiger partial charge in [-0.3, -0.25) is 4.79 Å². The smallest absolute Gasteiger partial charge is 0.242 e. The number of benzene rings is 1. The second-order valence-corrected chi connectivity index (χ2v) is 4.61. The summed E-state index contributed by atoms with van der Waals surface area (Å²) in [5.74, 6) is 0.868. The molecule has 2 rings (SSSR count). The molecule has 1 aliphatic rings. The Kier molecular flexibility index (Phi) is 4.27. The summed E-state index contributed by atoms with van der Waals surface area (Å²) in [6.07, 6.45) is 0.771. The van der Waals surface area contributed by atoms with Gasteiger partial charge in [-0.05, 0) is 18.1 Å². The Balaban J connectivity index is 2.40. The minimum Gasteiger partial charge on any atom is -0.497 e. The highest BCUT2D eigenvalue weighted by molar-refractivity contribution is 5.87. The van der Waals surface area contributed by atoms with E-state index < -0.39 is 0 Å². The fourth-order valence-corrected chi connectivity index (χ4v) is 2.52. The first-order valence-corrected chi connectivity index (χ1v) is 6.62. The van der Waals surface area contributed by atoms with Crippen LogP contribution in [0.25, 0.3) is 0 Å². The molecule has 1 unspecified atom stereocenters. The quantitative estimate of drug-likeness (QED) is 0.846. The standard InChI is InChI=1S/C14H21N3O2/c1-3-12-14(18)16-6-7-17(12)13-8-11(19-2)5-4-10(13)9-15/h4-5,8,12H,3,6-7,9,15H2,1-2H3,(H,16,18). The minimum atomic E-state index is -0.133. The van der Waals surface area contributed by atoms with Gasteiger partial charge in [-0.15, -0.1) is 0 Å². The van der Waals surface area contributed by atoms with Crippen LogP contribution in [0, 0.1) is 0 Å². The highest BCUT2D eigenvalue weighted by atomic mass is 16.5. The molecule has 104 valence electrons. The molecule has 1 fully saturated rings. The third kappa shape index (κ3) is 2.66. The number of ether oxygens (including phenoxy) is 1. The summed E-state index contributed by atoms with van der Waals surface area (Å²) in [7, 11) is 1.64. The Morgan fingerprint density at radius 2 is 2.32 bits per heavy atom. The topological polar surface area (TPSA) is 67.6 Å². The van der Waals surface area contributed by atoms with Gasteiger partial charge < -0.3 is 20.7 Å². The van der Waals surface area contributed by atoms with Crippen molar-refractivity contribution in [3.8, 4) is 5.75 Å². The van der Waals surface area contributed by atoms with E-state index in [1.165, 1.54) is 0 Å². The zero-order chi connectivity index (χ0) is 13.8. The normalized spacial score (nSPS) is 19.2.